The first-order chi connectivity index (χ1) is 13.8. The van der Waals surface area contributed by atoms with Crippen LogP contribution < -0.4 is 10.1 Å². The lowest BCUT2D eigenvalue weighted by atomic mass is 10.1. The van der Waals surface area contributed by atoms with Gasteiger partial charge in [-0.2, -0.15) is 0 Å². The minimum absolute atomic E-state index is 0.0314. The van der Waals surface area contributed by atoms with Gasteiger partial charge in [-0.1, -0.05) is 30.0 Å². The lowest BCUT2D eigenvalue weighted by Gasteiger charge is -2.23. The van der Waals surface area contributed by atoms with E-state index in [0.29, 0.717) is 11.0 Å². The summed E-state index contributed by atoms with van der Waals surface area (Å²) in [7, 11) is 1.64. The number of amides is 1. The quantitative estimate of drug-likeness (QED) is 0.612. The predicted octanol–water partition coefficient (Wildman–Crippen LogP) is 4.34. The van der Waals surface area contributed by atoms with Crippen molar-refractivity contribution in [2.75, 3.05) is 7.11 Å². The Labute approximate surface area is 175 Å². The Morgan fingerprint density at radius 1 is 1.07 bits per heavy atom. The first kappa shape index (κ1) is 20.9. The minimum Gasteiger partial charge on any atom is -0.497 e. The molecule has 0 radical (unpaired) electrons. The highest BCUT2D eigenvalue weighted by Crippen LogP contribution is 2.31. The van der Waals surface area contributed by atoms with Crippen molar-refractivity contribution in [3.05, 3.63) is 54.6 Å². The number of aromatic nitrogens is 3. The van der Waals surface area contributed by atoms with Crippen LogP contribution in [0.25, 0.3) is 17.1 Å². The largest absolute Gasteiger partial charge is 0.497 e. The van der Waals surface area contributed by atoms with Crippen LogP contribution in [-0.2, 0) is 4.79 Å². The Morgan fingerprint density at radius 3 is 2.31 bits per heavy atom. The third-order valence-electron chi connectivity index (χ3n) is 4.15. The number of nitrogens with one attached hydrogen (secondary N) is 1. The zero-order chi connectivity index (χ0) is 21.0. The maximum Gasteiger partial charge on any atom is 0.233 e. The second-order valence-corrected chi connectivity index (χ2v) is 9.01. The van der Waals surface area contributed by atoms with Gasteiger partial charge in [-0.05, 0) is 64.1 Å². The van der Waals surface area contributed by atoms with E-state index in [9.17, 15) is 4.79 Å². The standard InChI is InChI=1S/C22H26N4O2S/c1-15(20(27)23-22(2,3)4)29-21-25-24-19(16-11-13-18(28-5)14-12-16)26(21)17-9-7-6-8-10-17/h6-15H,1-5H3,(H,23,27). The van der Waals surface area contributed by atoms with Gasteiger partial charge in [0.25, 0.3) is 0 Å². The molecule has 0 saturated carbocycles. The van der Waals surface area contributed by atoms with Gasteiger partial charge < -0.3 is 10.1 Å². The number of hydrogen-bond acceptors (Lipinski definition) is 5. The van der Waals surface area contributed by atoms with Crippen molar-refractivity contribution < 1.29 is 9.53 Å². The van der Waals surface area contributed by atoms with Gasteiger partial charge in [-0.3, -0.25) is 9.36 Å². The summed E-state index contributed by atoms with van der Waals surface area (Å²) < 4.78 is 7.23. The van der Waals surface area contributed by atoms with Crippen LogP contribution in [-0.4, -0.2) is 38.6 Å². The number of ether oxygens (including phenoxy) is 1. The van der Waals surface area contributed by atoms with Crippen LogP contribution >= 0.6 is 11.8 Å². The van der Waals surface area contributed by atoms with Crippen LogP contribution in [0, 0.1) is 0 Å². The smallest absolute Gasteiger partial charge is 0.233 e. The lowest BCUT2D eigenvalue weighted by Crippen LogP contribution is -2.44. The van der Waals surface area contributed by atoms with Crippen molar-refractivity contribution in [3.63, 3.8) is 0 Å². The molecule has 1 atom stereocenters. The molecule has 0 aliphatic rings. The SMILES string of the molecule is COc1ccc(-c2nnc(SC(C)C(=O)NC(C)(C)C)n2-c2ccccc2)cc1. The summed E-state index contributed by atoms with van der Waals surface area (Å²) in [6.07, 6.45) is 0. The molecule has 1 unspecified atom stereocenters. The molecular weight excluding hydrogens is 384 g/mol. The fourth-order valence-electron chi connectivity index (χ4n) is 2.77. The number of carbonyl (C=O) groups is 1. The lowest BCUT2D eigenvalue weighted by molar-refractivity contribution is -0.121. The van der Waals surface area contributed by atoms with E-state index in [1.807, 2.05) is 86.9 Å². The molecule has 1 heterocycles. The minimum atomic E-state index is -0.315. The van der Waals surface area contributed by atoms with E-state index in [1.165, 1.54) is 11.8 Å². The molecule has 152 valence electrons. The zero-order valence-corrected chi connectivity index (χ0v) is 18.2. The summed E-state index contributed by atoms with van der Waals surface area (Å²) >= 11 is 1.39. The van der Waals surface area contributed by atoms with Crippen molar-refractivity contribution in [2.24, 2.45) is 0 Å². The molecule has 0 bridgehead atoms. The van der Waals surface area contributed by atoms with Crippen molar-refractivity contribution in [1.82, 2.24) is 20.1 Å². The van der Waals surface area contributed by atoms with Crippen LogP contribution in [0.1, 0.15) is 27.7 Å². The van der Waals surface area contributed by atoms with E-state index in [4.69, 9.17) is 4.74 Å². The number of thioether (sulfide) groups is 1. The van der Waals surface area contributed by atoms with E-state index >= 15 is 0 Å². The second-order valence-electron chi connectivity index (χ2n) is 7.70. The molecule has 1 N–H and O–H groups in total. The van der Waals surface area contributed by atoms with Crippen LogP contribution in [0.4, 0.5) is 0 Å². The molecule has 0 aliphatic heterocycles. The number of hydrogen-bond donors (Lipinski definition) is 1. The van der Waals surface area contributed by atoms with E-state index in [0.717, 1.165) is 17.0 Å². The summed E-state index contributed by atoms with van der Waals surface area (Å²) in [5, 5.41) is 12.2. The summed E-state index contributed by atoms with van der Waals surface area (Å²) in [6.45, 7) is 7.78. The van der Waals surface area contributed by atoms with Crippen LogP contribution in [0.2, 0.25) is 0 Å². The topological polar surface area (TPSA) is 69.0 Å². The summed E-state index contributed by atoms with van der Waals surface area (Å²) in [5.74, 6) is 1.46. The van der Waals surface area contributed by atoms with Gasteiger partial charge in [0.15, 0.2) is 11.0 Å². The van der Waals surface area contributed by atoms with Gasteiger partial charge >= 0.3 is 0 Å². The molecule has 0 saturated heterocycles. The van der Waals surface area contributed by atoms with E-state index in [1.54, 1.807) is 7.11 Å². The van der Waals surface area contributed by atoms with Crippen LogP contribution in [0.5, 0.6) is 5.75 Å². The normalized spacial score (nSPS) is 12.4. The summed E-state index contributed by atoms with van der Waals surface area (Å²) in [5.41, 5.74) is 1.57. The molecule has 3 aromatic rings. The maximum atomic E-state index is 12.6. The van der Waals surface area contributed by atoms with Crippen LogP contribution in [0.3, 0.4) is 0 Å². The molecule has 0 aliphatic carbocycles. The molecule has 1 amide bonds. The third-order valence-corrected chi connectivity index (χ3v) is 5.19. The van der Waals surface area contributed by atoms with Gasteiger partial charge in [0.1, 0.15) is 5.75 Å². The molecule has 2 aromatic carbocycles. The van der Waals surface area contributed by atoms with Gasteiger partial charge in [-0.15, -0.1) is 10.2 Å². The highest BCUT2D eigenvalue weighted by molar-refractivity contribution is 8.00. The molecule has 1 aromatic heterocycles. The first-order valence-corrected chi connectivity index (χ1v) is 10.3. The highest BCUT2D eigenvalue weighted by atomic mass is 32.2. The van der Waals surface area contributed by atoms with Crippen molar-refractivity contribution >= 4 is 17.7 Å². The molecule has 3 rings (SSSR count). The fourth-order valence-corrected chi connectivity index (χ4v) is 3.63. The number of rotatable bonds is 6. The number of para-hydroxylation sites is 1. The van der Waals surface area contributed by atoms with E-state index in [2.05, 4.69) is 15.5 Å². The van der Waals surface area contributed by atoms with Crippen molar-refractivity contribution in [1.29, 1.82) is 0 Å². The monoisotopic (exact) mass is 410 g/mol. The van der Waals surface area contributed by atoms with E-state index < -0.39 is 0 Å². The Kier molecular flexibility index (Phi) is 6.27. The Hall–Kier alpha value is -2.80. The van der Waals surface area contributed by atoms with Gasteiger partial charge in [-0.25, -0.2) is 0 Å². The number of methoxy groups -OCH3 is 1. The molecule has 29 heavy (non-hydrogen) atoms. The molecule has 7 heteroatoms. The second kappa shape index (κ2) is 8.69. The highest BCUT2D eigenvalue weighted by Gasteiger charge is 2.24. The zero-order valence-electron chi connectivity index (χ0n) is 17.3. The average Bonchev–Trinajstić information content (AvgIpc) is 3.11. The van der Waals surface area contributed by atoms with Crippen molar-refractivity contribution in [3.8, 4) is 22.8 Å². The van der Waals surface area contributed by atoms with Gasteiger partial charge in [0, 0.05) is 16.8 Å². The maximum absolute atomic E-state index is 12.6. The number of benzene rings is 2. The third kappa shape index (κ3) is 5.17. The Morgan fingerprint density at radius 2 is 1.72 bits per heavy atom. The van der Waals surface area contributed by atoms with Crippen LogP contribution in [0.15, 0.2) is 59.8 Å². The summed E-state index contributed by atoms with van der Waals surface area (Å²) in [4.78, 5) is 12.6. The van der Waals surface area contributed by atoms with Gasteiger partial charge in [0.2, 0.25) is 5.91 Å². The Balaban J connectivity index is 1.97. The van der Waals surface area contributed by atoms with E-state index in [-0.39, 0.29) is 16.7 Å². The summed E-state index contributed by atoms with van der Waals surface area (Å²) in [6, 6.07) is 17.6. The Bertz CT molecular complexity index is 963. The molecule has 0 fully saturated rings. The average molecular weight is 411 g/mol. The van der Waals surface area contributed by atoms with Gasteiger partial charge in [0.05, 0.1) is 12.4 Å². The fraction of sp³-hybridized carbons (Fsp3) is 0.318. The number of nitrogens with zero attached hydrogens (tertiary/aromatic N) is 3. The number of carbonyl (C=O) groups excluding carboxylic acids is 1. The molecule has 6 nitrogen and oxygen atoms in total. The molecular formula is C22H26N4O2S. The predicted molar refractivity (Wildman–Crippen MR) is 117 cm³/mol. The molecule has 0 spiro atoms. The first-order valence-electron chi connectivity index (χ1n) is 9.42. The van der Waals surface area contributed by atoms with Crippen molar-refractivity contribution in [2.45, 2.75) is 43.6 Å².